The molecule has 1 heterocycles. The number of ether oxygens (including phenoxy) is 1. The summed E-state index contributed by atoms with van der Waals surface area (Å²) in [7, 11) is 0. The number of piperidine rings is 1. The summed E-state index contributed by atoms with van der Waals surface area (Å²) < 4.78 is 5.05. The summed E-state index contributed by atoms with van der Waals surface area (Å²) in [6.07, 6.45) is 3.21. The predicted molar refractivity (Wildman–Crippen MR) is 100 cm³/mol. The van der Waals surface area contributed by atoms with Gasteiger partial charge in [0.2, 0.25) is 5.91 Å². The van der Waals surface area contributed by atoms with Gasteiger partial charge in [-0.3, -0.25) is 10.0 Å². The molecule has 0 aromatic heterocycles. The number of aliphatic hydroxyl groups is 1. The van der Waals surface area contributed by atoms with Crippen molar-refractivity contribution in [1.82, 2.24) is 10.4 Å². The Balaban J connectivity index is 1.78. The number of unbranched alkanes of at least 4 members (excludes halogenated alkanes) is 1. The highest BCUT2D eigenvalue weighted by Gasteiger charge is 2.24. The molecular weight excluding hydrogens is 348 g/mol. The molecule has 1 atom stereocenters. The SMILES string of the molecule is CCOC(=O)N1CCC(c2ccc([C@H](O)CCCCC(=O)NO)cc2)CC1. The molecule has 1 saturated heterocycles. The van der Waals surface area contributed by atoms with E-state index in [2.05, 4.69) is 12.1 Å². The molecule has 1 aromatic carbocycles. The maximum atomic E-state index is 11.8. The first kappa shape index (κ1) is 21.2. The van der Waals surface area contributed by atoms with Crippen molar-refractivity contribution in [2.24, 2.45) is 0 Å². The summed E-state index contributed by atoms with van der Waals surface area (Å²) >= 11 is 0. The fraction of sp³-hybridized carbons (Fsp3) is 0.600. The van der Waals surface area contributed by atoms with Gasteiger partial charge in [0.25, 0.3) is 0 Å². The Kier molecular flexibility index (Phi) is 8.54. The topological polar surface area (TPSA) is 99.1 Å². The second-order valence-electron chi connectivity index (χ2n) is 6.92. The molecule has 1 fully saturated rings. The number of likely N-dealkylation sites (tertiary alicyclic amines) is 1. The van der Waals surface area contributed by atoms with Gasteiger partial charge < -0.3 is 14.7 Å². The standard InChI is InChI=1S/C20H30N2O5/c1-2-27-20(25)22-13-11-16(12-14-22)15-7-9-17(10-8-15)18(23)5-3-4-6-19(24)21-26/h7-10,16,18,23,26H,2-6,11-14H2,1H3,(H,21,24)/t18-/m1/s1. The average Bonchev–Trinajstić information content (AvgIpc) is 2.71. The van der Waals surface area contributed by atoms with Crippen LogP contribution in [0.25, 0.3) is 0 Å². The van der Waals surface area contributed by atoms with E-state index in [0.29, 0.717) is 44.9 Å². The van der Waals surface area contributed by atoms with Gasteiger partial charge >= 0.3 is 6.09 Å². The minimum atomic E-state index is -0.554. The number of rotatable bonds is 8. The number of aliphatic hydroxyl groups excluding tert-OH is 1. The van der Waals surface area contributed by atoms with Crippen LogP contribution in [-0.4, -0.2) is 46.9 Å². The van der Waals surface area contributed by atoms with Gasteiger partial charge in [0.15, 0.2) is 0 Å². The first-order chi connectivity index (χ1) is 13.0. The van der Waals surface area contributed by atoms with Gasteiger partial charge in [0.1, 0.15) is 0 Å². The third-order valence-corrected chi connectivity index (χ3v) is 5.07. The molecule has 3 N–H and O–H groups in total. The highest BCUT2D eigenvalue weighted by molar-refractivity contribution is 5.74. The molecule has 27 heavy (non-hydrogen) atoms. The van der Waals surface area contributed by atoms with Crippen molar-refractivity contribution < 1.29 is 24.6 Å². The lowest BCUT2D eigenvalue weighted by atomic mass is 9.88. The van der Waals surface area contributed by atoms with Crippen molar-refractivity contribution in [2.75, 3.05) is 19.7 Å². The lowest BCUT2D eigenvalue weighted by Crippen LogP contribution is -2.38. The molecule has 1 aromatic rings. The second-order valence-corrected chi connectivity index (χ2v) is 6.92. The molecule has 0 bridgehead atoms. The fourth-order valence-corrected chi connectivity index (χ4v) is 3.45. The third kappa shape index (κ3) is 6.52. The molecule has 0 aliphatic carbocycles. The quantitative estimate of drug-likeness (QED) is 0.367. The van der Waals surface area contributed by atoms with Crippen molar-refractivity contribution in [3.63, 3.8) is 0 Å². The Morgan fingerprint density at radius 2 is 1.89 bits per heavy atom. The smallest absolute Gasteiger partial charge is 0.409 e. The second kappa shape index (κ2) is 10.9. The van der Waals surface area contributed by atoms with Gasteiger partial charge in [-0.05, 0) is 49.7 Å². The maximum Gasteiger partial charge on any atom is 0.409 e. The number of hydrogen-bond acceptors (Lipinski definition) is 5. The number of hydrogen-bond donors (Lipinski definition) is 3. The summed E-state index contributed by atoms with van der Waals surface area (Å²) in [5.41, 5.74) is 3.71. The Morgan fingerprint density at radius 3 is 2.48 bits per heavy atom. The van der Waals surface area contributed by atoms with Gasteiger partial charge in [-0.25, -0.2) is 10.3 Å². The minimum absolute atomic E-state index is 0.231. The summed E-state index contributed by atoms with van der Waals surface area (Å²) in [5, 5.41) is 18.7. The van der Waals surface area contributed by atoms with E-state index < -0.39 is 12.0 Å². The van der Waals surface area contributed by atoms with Gasteiger partial charge in [0, 0.05) is 19.5 Å². The van der Waals surface area contributed by atoms with E-state index in [1.54, 1.807) is 10.4 Å². The molecule has 150 valence electrons. The van der Waals surface area contributed by atoms with Gasteiger partial charge in [-0.1, -0.05) is 30.7 Å². The van der Waals surface area contributed by atoms with Gasteiger partial charge in [-0.2, -0.15) is 0 Å². The molecule has 0 unspecified atom stereocenters. The van der Waals surface area contributed by atoms with Crippen molar-refractivity contribution in [2.45, 2.75) is 57.5 Å². The van der Waals surface area contributed by atoms with Crippen molar-refractivity contribution in [3.05, 3.63) is 35.4 Å². The van der Waals surface area contributed by atoms with Crippen LogP contribution in [0.2, 0.25) is 0 Å². The number of carbonyl (C=O) groups is 2. The Labute approximate surface area is 160 Å². The lowest BCUT2D eigenvalue weighted by Gasteiger charge is -2.31. The Hall–Kier alpha value is -2.12. The zero-order valence-electron chi connectivity index (χ0n) is 15.9. The minimum Gasteiger partial charge on any atom is -0.450 e. The Morgan fingerprint density at radius 1 is 1.22 bits per heavy atom. The van der Waals surface area contributed by atoms with Crippen LogP contribution >= 0.6 is 0 Å². The lowest BCUT2D eigenvalue weighted by molar-refractivity contribution is -0.129. The number of hydroxylamine groups is 1. The zero-order chi connectivity index (χ0) is 19.6. The molecule has 0 saturated carbocycles. The number of carbonyl (C=O) groups excluding carboxylic acids is 2. The summed E-state index contributed by atoms with van der Waals surface area (Å²) in [4.78, 5) is 24.5. The molecule has 7 heteroatoms. The average molecular weight is 378 g/mol. The van der Waals surface area contributed by atoms with Gasteiger partial charge in [-0.15, -0.1) is 0 Å². The summed E-state index contributed by atoms with van der Waals surface area (Å²) in [6, 6.07) is 8.03. The molecule has 2 amide bonds. The largest absolute Gasteiger partial charge is 0.450 e. The van der Waals surface area contributed by atoms with E-state index in [-0.39, 0.29) is 12.5 Å². The molecule has 0 radical (unpaired) electrons. The van der Waals surface area contributed by atoms with Crippen molar-refractivity contribution in [1.29, 1.82) is 0 Å². The maximum absolute atomic E-state index is 11.8. The molecule has 2 rings (SSSR count). The van der Waals surface area contributed by atoms with Gasteiger partial charge in [0.05, 0.1) is 12.7 Å². The number of nitrogens with zero attached hydrogens (tertiary/aromatic N) is 1. The molecule has 0 spiro atoms. The van der Waals surface area contributed by atoms with E-state index in [9.17, 15) is 14.7 Å². The first-order valence-corrected chi connectivity index (χ1v) is 9.67. The van der Waals surface area contributed by atoms with Crippen LogP contribution in [0.1, 0.15) is 68.6 Å². The monoisotopic (exact) mass is 378 g/mol. The van der Waals surface area contributed by atoms with Crippen LogP contribution in [0.4, 0.5) is 4.79 Å². The van der Waals surface area contributed by atoms with E-state index in [0.717, 1.165) is 18.4 Å². The van der Waals surface area contributed by atoms with Crippen molar-refractivity contribution in [3.8, 4) is 0 Å². The third-order valence-electron chi connectivity index (χ3n) is 5.07. The van der Waals surface area contributed by atoms with Crippen LogP contribution in [0.15, 0.2) is 24.3 Å². The first-order valence-electron chi connectivity index (χ1n) is 9.67. The van der Waals surface area contributed by atoms with Crippen LogP contribution in [0.3, 0.4) is 0 Å². The van der Waals surface area contributed by atoms with E-state index >= 15 is 0 Å². The molecule has 1 aliphatic heterocycles. The zero-order valence-corrected chi connectivity index (χ0v) is 15.9. The van der Waals surface area contributed by atoms with Crippen LogP contribution in [0, 0.1) is 0 Å². The molecular formula is C20H30N2O5. The summed E-state index contributed by atoms with van der Waals surface area (Å²) in [5.74, 6) is 0.0155. The number of nitrogens with one attached hydrogen (secondary N) is 1. The number of amides is 2. The van der Waals surface area contributed by atoms with E-state index in [1.807, 2.05) is 19.1 Å². The van der Waals surface area contributed by atoms with Crippen LogP contribution < -0.4 is 5.48 Å². The van der Waals surface area contributed by atoms with Crippen molar-refractivity contribution >= 4 is 12.0 Å². The highest BCUT2D eigenvalue weighted by atomic mass is 16.6. The van der Waals surface area contributed by atoms with E-state index in [1.165, 1.54) is 5.56 Å². The normalized spacial score (nSPS) is 16.0. The fourth-order valence-electron chi connectivity index (χ4n) is 3.45. The number of benzene rings is 1. The predicted octanol–water partition coefficient (Wildman–Crippen LogP) is 3.12. The Bertz CT molecular complexity index is 597. The molecule has 1 aliphatic rings. The highest BCUT2D eigenvalue weighted by Crippen LogP contribution is 2.30. The van der Waals surface area contributed by atoms with E-state index in [4.69, 9.17) is 9.94 Å². The van der Waals surface area contributed by atoms with Crippen LogP contribution in [-0.2, 0) is 9.53 Å². The summed E-state index contributed by atoms with van der Waals surface area (Å²) in [6.45, 7) is 3.62. The molecule has 7 nitrogen and oxygen atoms in total. The van der Waals surface area contributed by atoms with Crippen LogP contribution in [0.5, 0.6) is 0 Å².